The van der Waals surface area contributed by atoms with Crippen molar-refractivity contribution < 1.29 is 0 Å². The molecule has 4 heterocycles. The van der Waals surface area contributed by atoms with E-state index in [1.54, 1.807) is 23.0 Å². The molecule has 0 atom stereocenters. The first-order valence-electron chi connectivity index (χ1n) is 7.56. The van der Waals surface area contributed by atoms with E-state index in [-0.39, 0.29) is 0 Å². The molecule has 0 aliphatic carbocycles. The topological polar surface area (TPSA) is 91.8 Å². The molecule has 8 heteroatoms. The summed E-state index contributed by atoms with van der Waals surface area (Å²) in [6.07, 6.45) is 3.35. The van der Waals surface area contributed by atoms with Gasteiger partial charge in [-0.2, -0.15) is 10.4 Å². The van der Waals surface area contributed by atoms with Crippen LogP contribution in [0.4, 0.5) is 5.69 Å². The van der Waals surface area contributed by atoms with Crippen LogP contribution in [-0.2, 0) is 0 Å². The summed E-state index contributed by atoms with van der Waals surface area (Å²) in [5.74, 6) is 0. The molecule has 0 unspecified atom stereocenters. The summed E-state index contributed by atoms with van der Waals surface area (Å²) in [6, 6.07) is 9.73. The van der Waals surface area contributed by atoms with Crippen molar-refractivity contribution in [3.05, 3.63) is 47.2 Å². The number of rotatable bonds is 3. The van der Waals surface area contributed by atoms with Crippen molar-refractivity contribution in [1.82, 2.24) is 24.8 Å². The quantitative estimate of drug-likeness (QED) is 0.612. The number of pyridine rings is 1. The van der Waals surface area contributed by atoms with Crippen LogP contribution in [0.15, 0.2) is 36.7 Å². The molecule has 0 aliphatic rings. The maximum Gasteiger partial charge on any atom is 0.151 e. The lowest BCUT2D eigenvalue weighted by Crippen LogP contribution is -1.98. The van der Waals surface area contributed by atoms with Gasteiger partial charge in [0, 0.05) is 18.9 Å². The zero-order valence-corrected chi connectivity index (χ0v) is 14.4. The van der Waals surface area contributed by atoms with E-state index in [2.05, 4.69) is 31.7 Å². The number of hydrogen-bond donors (Lipinski definition) is 1. The van der Waals surface area contributed by atoms with Gasteiger partial charge >= 0.3 is 0 Å². The molecular weight excluding hydrogens is 334 g/mol. The number of aromatic nitrogens is 5. The lowest BCUT2D eigenvalue weighted by atomic mass is 10.2. The van der Waals surface area contributed by atoms with E-state index in [9.17, 15) is 0 Å². The minimum absolute atomic E-state index is 0.531. The largest absolute Gasteiger partial charge is 0.387 e. The maximum atomic E-state index is 9.00. The molecule has 7 nitrogen and oxygen atoms in total. The van der Waals surface area contributed by atoms with E-state index >= 15 is 0 Å². The van der Waals surface area contributed by atoms with Gasteiger partial charge in [0.15, 0.2) is 5.01 Å². The first-order chi connectivity index (χ1) is 12.2. The number of aryl methyl sites for hydroxylation is 1. The third kappa shape index (κ3) is 2.60. The van der Waals surface area contributed by atoms with Crippen molar-refractivity contribution in [2.75, 3.05) is 12.4 Å². The predicted octanol–water partition coefficient (Wildman–Crippen LogP) is 3.14. The number of hydrogen-bond acceptors (Lipinski definition) is 7. The second kappa shape index (κ2) is 5.96. The summed E-state index contributed by atoms with van der Waals surface area (Å²) in [7, 11) is 1.87. The van der Waals surface area contributed by atoms with Gasteiger partial charge in [-0.1, -0.05) is 11.3 Å². The second-order valence-electron chi connectivity index (χ2n) is 5.40. The molecule has 0 radical (unpaired) electrons. The Bertz CT molecular complexity index is 1120. The third-order valence-electron chi connectivity index (χ3n) is 3.82. The molecule has 0 bridgehead atoms. The van der Waals surface area contributed by atoms with E-state index in [0.717, 1.165) is 38.2 Å². The Balaban J connectivity index is 1.83. The smallest absolute Gasteiger partial charge is 0.151 e. The number of nitrogens with zero attached hydrogens (tertiary/aromatic N) is 6. The molecule has 0 saturated carbocycles. The summed E-state index contributed by atoms with van der Waals surface area (Å²) in [4.78, 5) is 4.58. The highest BCUT2D eigenvalue weighted by Gasteiger charge is 2.14. The van der Waals surface area contributed by atoms with Crippen molar-refractivity contribution in [2.45, 2.75) is 6.92 Å². The highest BCUT2D eigenvalue weighted by atomic mass is 32.1. The highest BCUT2D eigenvalue weighted by molar-refractivity contribution is 7.14. The molecule has 0 aliphatic heterocycles. The van der Waals surface area contributed by atoms with Gasteiger partial charge < -0.3 is 5.32 Å². The van der Waals surface area contributed by atoms with Gasteiger partial charge in [-0.15, -0.1) is 10.2 Å². The van der Waals surface area contributed by atoms with E-state index in [0.29, 0.717) is 5.56 Å². The Labute approximate surface area is 147 Å². The fourth-order valence-corrected chi connectivity index (χ4v) is 3.35. The average Bonchev–Trinajstić information content (AvgIpc) is 3.26. The van der Waals surface area contributed by atoms with Gasteiger partial charge in [-0.05, 0) is 31.2 Å². The molecule has 0 spiro atoms. The van der Waals surface area contributed by atoms with Crippen molar-refractivity contribution in [2.24, 2.45) is 0 Å². The van der Waals surface area contributed by atoms with E-state index < -0.39 is 0 Å². The highest BCUT2D eigenvalue weighted by Crippen LogP contribution is 2.32. The monoisotopic (exact) mass is 347 g/mol. The average molecular weight is 347 g/mol. The van der Waals surface area contributed by atoms with Crippen LogP contribution < -0.4 is 5.32 Å². The summed E-state index contributed by atoms with van der Waals surface area (Å²) in [5, 5.41) is 26.6. The molecular formula is C17H13N7S. The number of fused-ring (bicyclic) bond motifs is 1. The standard InChI is InChI=1S/C17H13N7S/c1-10-22-23-17(25-10)13-9-20-15(6-14(13)19-2)16-4-3-12-5-11(7-18)8-21-24(12)16/h3-6,8-9H,1-2H3,(H,19,20). The molecule has 0 aromatic carbocycles. The van der Waals surface area contributed by atoms with E-state index in [1.807, 2.05) is 32.2 Å². The minimum atomic E-state index is 0.531. The SMILES string of the molecule is CNc1cc(-c2ccc3cc(C#N)cnn23)ncc1-c1nnc(C)s1. The van der Waals surface area contributed by atoms with Crippen LogP contribution in [0.5, 0.6) is 0 Å². The van der Waals surface area contributed by atoms with Gasteiger partial charge in [0.1, 0.15) is 11.1 Å². The Morgan fingerprint density at radius 2 is 2.08 bits per heavy atom. The number of nitrogens with one attached hydrogen (secondary N) is 1. The van der Waals surface area contributed by atoms with Crippen LogP contribution in [0, 0.1) is 18.3 Å². The number of nitriles is 1. The van der Waals surface area contributed by atoms with Crippen LogP contribution in [0.1, 0.15) is 10.6 Å². The molecule has 4 rings (SSSR count). The molecule has 25 heavy (non-hydrogen) atoms. The van der Waals surface area contributed by atoms with E-state index in [1.165, 1.54) is 11.3 Å². The van der Waals surface area contributed by atoms with Crippen LogP contribution in [0.25, 0.3) is 27.5 Å². The molecule has 122 valence electrons. The second-order valence-corrected chi connectivity index (χ2v) is 6.58. The lowest BCUT2D eigenvalue weighted by molar-refractivity contribution is 0.939. The van der Waals surface area contributed by atoms with Gasteiger partial charge in [0.25, 0.3) is 0 Å². The van der Waals surface area contributed by atoms with Crippen LogP contribution >= 0.6 is 11.3 Å². The fraction of sp³-hybridized carbons (Fsp3) is 0.118. The molecule has 1 N–H and O–H groups in total. The normalized spacial score (nSPS) is 10.8. The summed E-state index contributed by atoms with van der Waals surface area (Å²) in [5.41, 5.74) is 4.86. The lowest BCUT2D eigenvalue weighted by Gasteiger charge is -2.09. The van der Waals surface area contributed by atoms with Crippen LogP contribution in [-0.4, -0.2) is 31.8 Å². The summed E-state index contributed by atoms with van der Waals surface area (Å²) >= 11 is 1.53. The Kier molecular flexibility index (Phi) is 3.63. The van der Waals surface area contributed by atoms with Gasteiger partial charge in [0.05, 0.1) is 34.2 Å². The third-order valence-corrected chi connectivity index (χ3v) is 4.69. The van der Waals surface area contributed by atoms with Gasteiger partial charge in [-0.3, -0.25) is 4.98 Å². The first-order valence-corrected chi connectivity index (χ1v) is 8.38. The zero-order valence-electron chi connectivity index (χ0n) is 13.6. The maximum absolute atomic E-state index is 9.00. The van der Waals surface area contributed by atoms with Gasteiger partial charge in [-0.25, -0.2) is 4.52 Å². The van der Waals surface area contributed by atoms with E-state index in [4.69, 9.17) is 5.26 Å². The summed E-state index contributed by atoms with van der Waals surface area (Å²) in [6.45, 7) is 1.93. The Hall–Kier alpha value is -3.31. The molecule has 4 aromatic heterocycles. The molecule has 4 aromatic rings. The first kappa shape index (κ1) is 15.2. The Morgan fingerprint density at radius 3 is 2.80 bits per heavy atom. The molecule has 0 amide bonds. The van der Waals surface area contributed by atoms with Crippen molar-refractivity contribution in [3.8, 4) is 28.0 Å². The molecule has 0 saturated heterocycles. The van der Waals surface area contributed by atoms with Crippen LogP contribution in [0.2, 0.25) is 0 Å². The van der Waals surface area contributed by atoms with Crippen molar-refractivity contribution in [1.29, 1.82) is 5.26 Å². The minimum Gasteiger partial charge on any atom is -0.387 e. The number of anilines is 1. The summed E-state index contributed by atoms with van der Waals surface area (Å²) < 4.78 is 1.78. The Morgan fingerprint density at radius 1 is 1.20 bits per heavy atom. The predicted molar refractivity (Wildman–Crippen MR) is 96.3 cm³/mol. The van der Waals surface area contributed by atoms with Crippen LogP contribution in [0.3, 0.4) is 0 Å². The van der Waals surface area contributed by atoms with Crippen molar-refractivity contribution in [3.63, 3.8) is 0 Å². The van der Waals surface area contributed by atoms with Gasteiger partial charge in [0.2, 0.25) is 0 Å². The fourth-order valence-electron chi connectivity index (χ4n) is 2.63. The molecule has 0 fully saturated rings. The zero-order chi connectivity index (χ0) is 17.4. The van der Waals surface area contributed by atoms with Crippen molar-refractivity contribution >= 4 is 22.5 Å².